The molecule has 0 unspecified atom stereocenters. The lowest BCUT2D eigenvalue weighted by Gasteiger charge is -1.86. The molecular formula is C5H8N2S. The van der Waals surface area contributed by atoms with Gasteiger partial charge in [-0.3, -0.25) is 0 Å². The largest absolute Gasteiger partial charge is 0.315 e. The molecule has 0 saturated heterocycles. The van der Waals surface area contributed by atoms with E-state index in [4.69, 9.17) is 5.84 Å². The Labute approximate surface area is 52.3 Å². The number of rotatable bonds is 1. The van der Waals surface area contributed by atoms with Crippen molar-refractivity contribution in [3.8, 4) is 0 Å². The van der Waals surface area contributed by atoms with Crippen molar-refractivity contribution in [3.63, 3.8) is 0 Å². The predicted octanol–water partition coefficient (Wildman–Crippen LogP) is 1.34. The molecule has 0 spiro atoms. The maximum absolute atomic E-state index is 5.12. The zero-order valence-electron chi connectivity index (χ0n) is 4.64. The fourth-order valence-electron chi connectivity index (χ4n) is 0.507. The van der Waals surface area contributed by atoms with E-state index in [2.05, 4.69) is 10.8 Å². The van der Waals surface area contributed by atoms with E-state index in [1.54, 1.807) is 11.3 Å². The van der Waals surface area contributed by atoms with Gasteiger partial charge in [-0.1, -0.05) is 0 Å². The number of aryl methyl sites for hydroxylation is 1. The number of thiophene rings is 1. The molecule has 1 aromatic rings. The lowest BCUT2D eigenvalue weighted by molar-refractivity contribution is 1.38. The molecule has 0 aliphatic heterocycles. The quantitative estimate of drug-likeness (QED) is 0.442. The van der Waals surface area contributed by atoms with Gasteiger partial charge in [-0.05, 0) is 23.9 Å². The molecule has 3 N–H and O–H groups in total. The first kappa shape index (κ1) is 5.59. The average molecular weight is 128 g/mol. The molecule has 0 bridgehead atoms. The summed E-state index contributed by atoms with van der Waals surface area (Å²) in [6.07, 6.45) is 0. The molecule has 44 valence electrons. The van der Waals surface area contributed by atoms with E-state index in [9.17, 15) is 0 Å². The van der Waals surface area contributed by atoms with Crippen molar-refractivity contribution in [2.24, 2.45) is 5.84 Å². The van der Waals surface area contributed by atoms with E-state index >= 15 is 0 Å². The van der Waals surface area contributed by atoms with Crippen LogP contribution in [0.15, 0.2) is 11.4 Å². The van der Waals surface area contributed by atoms with Gasteiger partial charge in [0.1, 0.15) is 5.00 Å². The van der Waals surface area contributed by atoms with Gasteiger partial charge in [-0.2, -0.15) is 0 Å². The SMILES string of the molecule is Cc1csc(NN)c1. The summed E-state index contributed by atoms with van der Waals surface area (Å²) in [5, 5.41) is 3.07. The maximum atomic E-state index is 5.12. The minimum Gasteiger partial charge on any atom is -0.315 e. The van der Waals surface area contributed by atoms with Gasteiger partial charge in [0.05, 0.1) is 0 Å². The van der Waals surface area contributed by atoms with Crippen molar-refractivity contribution in [2.45, 2.75) is 6.92 Å². The Kier molecular flexibility index (Phi) is 1.50. The summed E-state index contributed by atoms with van der Waals surface area (Å²) in [5.74, 6) is 5.12. The second kappa shape index (κ2) is 2.15. The normalized spacial score (nSPS) is 9.25. The van der Waals surface area contributed by atoms with Crippen LogP contribution in [0.3, 0.4) is 0 Å². The van der Waals surface area contributed by atoms with Crippen LogP contribution >= 0.6 is 11.3 Å². The molecule has 0 amide bonds. The van der Waals surface area contributed by atoms with E-state index in [-0.39, 0.29) is 0 Å². The number of hydrogen-bond acceptors (Lipinski definition) is 3. The molecule has 0 aliphatic carbocycles. The molecule has 0 radical (unpaired) electrons. The van der Waals surface area contributed by atoms with E-state index in [0.717, 1.165) is 5.00 Å². The summed E-state index contributed by atoms with van der Waals surface area (Å²) in [5.41, 5.74) is 3.82. The molecule has 0 fully saturated rings. The third kappa shape index (κ3) is 0.993. The summed E-state index contributed by atoms with van der Waals surface area (Å²) < 4.78 is 0. The lowest BCUT2D eigenvalue weighted by Crippen LogP contribution is -2.04. The Bertz CT molecular complexity index is 171. The Balaban J connectivity index is 2.84. The minimum atomic E-state index is 1.02. The highest BCUT2D eigenvalue weighted by molar-refractivity contribution is 7.14. The molecule has 2 nitrogen and oxygen atoms in total. The zero-order chi connectivity index (χ0) is 5.98. The Morgan fingerprint density at radius 3 is 2.75 bits per heavy atom. The molecule has 8 heavy (non-hydrogen) atoms. The van der Waals surface area contributed by atoms with Gasteiger partial charge in [-0.15, -0.1) is 11.3 Å². The highest BCUT2D eigenvalue weighted by atomic mass is 32.1. The zero-order valence-corrected chi connectivity index (χ0v) is 5.46. The first-order valence-electron chi connectivity index (χ1n) is 2.34. The van der Waals surface area contributed by atoms with Crippen LogP contribution in [0, 0.1) is 6.92 Å². The Morgan fingerprint density at radius 2 is 2.50 bits per heavy atom. The third-order valence-corrected chi connectivity index (χ3v) is 1.85. The van der Waals surface area contributed by atoms with Crippen molar-refractivity contribution in [1.29, 1.82) is 0 Å². The van der Waals surface area contributed by atoms with Crippen LogP contribution < -0.4 is 11.3 Å². The van der Waals surface area contributed by atoms with E-state index in [1.807, 2.05) is 13.0 Å². The topological polar surface area (TPSA) is 38.0 Å². The fraction of sp³-hybridized carbons (Fsp3) is 0.200. The lowest BCUT2D eigenvalue weighted by atomic mass is 10.4. The van der Waals surface area contributed by atoms with Crippen molar-refractivity contribution < 1.29 is 0 Å². The molecule has 1 aromatic heterocycles. The van der Waals surface area contributed by atoms with Crippen LogP contribution in [-0.2, 0) is 0 Å². The highest BCUT2D eigenvalue weighted by Crippen LogP contribution is 2.17. The summed E-state index contributed by atoms with van der Waals surface area (Å²) in [4.78, 5) is 0. The van der Waals surface area contributed by atoms with Gasteiger partial charge in [0, 0.05) is 0 Å². The van der Waals surface area contributed by atoms with E-state index in [0.29, 0.717) is 0 Å². The molecule has 0 atom stereocenters. The molecule has 3 heteroatoms. The maximum Gasteiger partial charge on any atom is 0.103 e. The molecule has 0 aromatic carbocycles. The standard InChI is InChI=1S/C5H8N2S/c1-4-2-5(7-6)8-3-4/h2-3,7H,6H2,1H3. The second-order valence-electron chi connectivity index (χ2n) is 1.63. The first-order chi connectivity index (χ1) is 3.83. The smallest absolute Gasteiger partial charge is 0.103 e. The van der Waals surface area contributed by atoms with Gasteiger partial charge in [-0.25, -0.2) is 5.84 Å². The second-order valence-corrected chi connectivity index (χ2v) is 2.54. The third-order valence-electron chi connectivity index (χ3n) is 0.873. The highest BCUT2D eigenvalue weighted by Gasteiger charge is 1.88. The van der Waals surface area contributed by atoms with Gasteiger partial charge in [0.15, 0.2) is 0 Å². The number of hydrazine groups is 1. The molecular weight excluding hydrogens is 120 g/mol. The number of hydrogen-bond donors (Lipinski definition) is 2. The number of nitrogens with two attached hydrogens (primary N) is 1. The van der Waals surface area contributed by atoms with Crippen LogP contribution in [0.1, 0.15) is 5.56 Å². The Morgan fingerprint density at radius 1 is 1.75 bits per heavy atom. The number of anilines is 1. The van der Waals surface area contributed by atoms with Gasteiger partial charge in [0.2, 0.25) is 0 Å². The molecule has 0 aliphatic rings. The molecule has 0 saturated carbocycles. The van der Waals surface area contributed by atoms with Crippen LogP contribution in [0.25, 0.3) is 0 Å². The Hall–Kier alpha value is -0.540. The van der Waals surface area contributed by atoms with Crippen molar-refractivity contribution in [2.75, 3.05) is 5.43 Å². The predicted molar refractivity (Wildman–Crippen MR) is 36.9 cm³/mol. The van der Waals surface area contributed by atoms with Gasteiger partial charge in [0.25, 0.3) is 0 Å². The molecule has 1 heterocycles. The first-order valence-corrected chi connectivity index (χ1v) is 3.22. The number of nitrogen functional groups attached to an aromatic ring is 1. The van der Waals surface area contributed by atoms with Crippen LogP contribution in [0.5, 0.6) is 0 Å². The van der Waals surface area contributed by atoms with Crippen molar-refractivity contribution in [1.82, 2.24) is 0 Å². The summed E-state index contributed by atoms with van der Waals surface area (Å²) in [6.45, 7) is 2.04. The summed E-state index contributed by atoms with van der Waals surface area (Å²) in [7, 11) is 0. The van der Waals surface area contributed by atoms with E-state index < -0.39 is 0 Å². The summed E-state index contributed by atoms with van der Waals surface area (Å²) in [6, 6.07) is 2.00. The molecule has 1 rings (SSSR count). The average Bonchev–Trinajstić information content (AvgIpc) is 2.14. The number of nitrogens with one attached hydrogen (secondary N) is 1. The fourth-order valence-corrected chi connectivity index (χ4v) is 1.21. The monoisotopic (exact) mass is 128 g/mol. The summed E-state index contributed by atoms with van der Waals surface area (Å²) >= 11 is 1.61. The van der Waals surface area contributed by atoms with Crippen molar-refractivity contribution in [3.05, 3.63) is 17.0 Å². The van der Waals surface area contributed by atoms with Crippen LogP contribution in [-0.4, -0.2) is 0 Å². The van der Waals surface area contributed by atoms with Crippen LogP contribution in [0.2, 0.25) is 0 Å². The van der Waals surface area contributed by atoms with Crippen LogP contribution in [0.4, 0.5) is 5.00 Å². The van der Waals surface area contributed by atoms with E-state index in [1.165, 1.54) is 5.56 Å². The van der Waals surface area contributed by atoms with Gasteiger partial charge >= 0.3 is 0 Å². The van der Waals surface area contributed by atoms with Gasteiger partial charge < -0.3 is 5.43 Å². The van der Waals surface area contributed by atoms with Crippen molar-refractivity contribution >= 4 is 16.3 Å². The minimum absolute atomic E-state index is 1.02.